The van der Waals surface area contributed by atoms with E-state index in [9.17, 15) is 4.79 Å². The second-order valence-electron chi connectivity index (χ2n) is 6.05. The van der Waals surface area contributed by atoms with Crippen molar-refractivity contribution in [2.45, 2.75) is 38.6 Å². The van der Waals surface area contributed by atoms with Crippen LogP contribution in [0.1, 0.15) is 49.8 Å². The SMILES string of the molecule is CC(C)CN=C1NC(=O)C(c2ccccc2C2CC2)N1. The molecular formula is C16H21N3O. The molecule has 0 spiro atoms. The van der Waals surface area contributed by atoms with Crippen molar-refractivity contribution in [1.82, 2.24) is 10.6 Å². The molecule has 1 aliphatic carbocycles. The summed E-state index contributed by atoms with van der Waals surface area (Å²) in [5.41, 5.74) is 2.41. The molecule has 1 aromatic carbocycles. The first-order valence-electron chi connectivity index (χ1n) is 7.36. The van der Waals surface area contributed by atoms with Crippen molar-refractivity contribution in [3.8, 4) is 0 Å². The smallest absolute Gasteiger partial charge is 0.253 e. The van der Waals surface area contributed by atoms with Gasteiger partial charge in [-0.25, -0.2) is 0 Å². The molecule has 106 valence electrons. The van der Waals surface area contributed by atoms with Crippen LogP contribution >= 0.6 is 0 Å². The van der Waals surface area contributed by atoms with Crippen LogP contribution in [0, 0.1) is 5.92 Å². The summed E-state index contributed by atoms with van der Waals surface area (Å²) in [4.78, 5) is 16.6. The van der Waals surface area contributed by atoms with E-state index in [4.69, 9.17) is 0 Å². The summed E-state index contributed by atoms with van der Waals surface area (Å²) in [6.45, 7) is 4.95. The number of benzene rings is 1. The third-order valence-corrected chi connectivity index (χ3v) is 3.72. The van der Waals surface area contributed by atoms with E-state index in [1.165, 1.54) is 18.4 Å². The molecule has 0 aromatic heterocycles. The molecule has 4 heteroatoms. The van der Waals surface area contributed by atoms with Gasteiger partial charge in [-0.15, -0.1) is 0 Å². The largest absolute Gasteiger partial charge is 0.340 e. The summed E-state index contributed by atoms with van der Waals surface area (Å²) in [6.07, 6.45) is 2.47. The van der Waals surface area contributed by atoms with Crippen LogP contribution in [0.25, 0.3) is 0 Å². The maximum absolute atomic E-state index is 12.2. The van der Waals surface area contributed by atoms with Crippen LogP contribution in [0.15, 0.2) is 29.3 Å². The van der Waals surface area contributed by atoms with Crippen LogP contribution in [0.4, 0.5) is 0 Å². The Morgan fingerprint density at radius 1 is 1.25 bits per heavy atom. The normalized spacial score (nSPS) is 24.1. The molecule has 1 atom stereocenters. The lowest BCUT2D eigenvalue weighted by molar-refractivity contribution is -0.120. The van der Waals surface area contributed by atoms with Crippen molar-refractivity contribution in [3.05, 3.63) is 35.4 Å². The van der Waals surface area contributed by atoms with Crippen molar-refractivity contribution in [2.75, 3.05) is 6.54 Å². The zero-order chi connectivity index (χ0) is 14.1. The van der Waals surface area contributed by atoms with E-state index in [0.717, 1.165) is 12.1 Å². The van der Waals surface area contributed by atoms with Gasteiger partial charge in [-0.1, -0.05) is 38.1 Å². The topological polar surface area (TPSA) is 53.5 Å². The van der Waals surface area contributed by atoms with Crippen molar-refractivity contribution in [3.63, 3.8) is 0 Å². The number of hydrogen-bond donors (Lipinski definition) is 2. The number of carbonyl (C=O) groups is 1. The van der Waals surface area contributed by atoms with Gasteiger partial charge in [0.15, 0.2) is 5.96 Å². The molecular weight excluding hydrogens is 250 g/mol. The lowest BCUT2D eigenvalue weighted by atomic mass is 9.97. The quantitative estimate of drug-likeness (QED) is 0.883. The lowest BCUT2D eigenvalue weighted by Crippen LogP contribution is -2.26. The van der Waals surface area contributed by atoms with Gasteiger partial charge in [-0.3, -0.25) is 15.1 Å². The minimum atomic E-state index is -0.294. The van der Waals surface area contributed by atoms with Gasteiger partial charge < -0.3 is 5.32 Å². The van der Waals surface area contributed by atoms with Crippen molar-refractivity contribution >= 4 is 11.9 Å². The molecule has 3 rings (SSSR count). The highest BCUT2D eigenvalue weighted by molar-refractivity contribution is 6.06. The van der Waals surface area contributed by atoms with Gasteiger partial charge >= 0.3 is 0 Å². The summed E-state index contributed by atoms with van der Waals surface area (Å²) in [6, 6.07) is 7.95. The molecule has 1 saturated carbocycles. The second kappa shape index (κ2) is 5.27. The number of aliphatic imine (C=N–C) groups is 1. The Morgan fingerprint density at radius 2 is 1.95 bits per heavy atom. The molecule has 1 heterocycles. The molecule has 1 aromatic rings. The highest BCUT2D eigenvalue weighted by Crippen LogP contribution is 2.43. The van der Waals surface area contributed by atoms with Gasteiger partial charge in [-0.05, 0) is 35.8 Å². The van der Waals surface area contributed by atoms with Crippen molar-refractivity contribution in [2.24, 2.45) is 10.9 Å². The van der Waals surface area contributed by atoms with Crippen LogP contribution in [-0.4, -0.2) is 18.4 Å². The maximum Gasteiger partial charge on any atom is 0.253 e. The summed E-state index contributed by atoms with van der Waals surface area (Å²) in [5, 5.41) is 6.07. The summed E-state index contributed by atoms with van der Waals surface area (Å²) in [5.74, 6) is 1.73. The van der Waals surface area contributed by atoms with Crippen LogP contribution in [-0.2, 0) is 4.79 Å². The monoisotopic (exact) mass is 271 g/mol. The van der Waals surface area contributed by atoms with E-state index in [1.54, 1.807) is 0 Å². The first-order valence-corrected chi connectivity index (χ1v) is 7.36. The number of hydrogen-bond acceptors (Lipinski definition) is 2. The second-order valence-corrected chi connectivity index (χ2v) is 6.05. The number of nitrogens with zero attached hydrogens (tertiary/aromatic N) is 1. The third kappa shape index (κ3) is 2.69. The third-order valence-electron chi connectivity index (χ3n) is 3.72. The Hall–Kier alpha value is -1.84. The Labute approximate surface area is 119 Å². The van der Waals surface area contributed by atoms with Gasteiger partial charge in [0.25, 0.3) is 5.91 Å². The van der Waals surface area contributed by atoms with E-state index >= 15 is 0 Å². The Bertz CT molecular complexity index is 546. The Morgan fingerprint density at radius 3 is 2.60 bits per heavy atom. The molecule has 0 bridgehead atoms. The van der Waals surface area contributed by atoms with E-state index in [1.807, 2.05) is 6.07 Å². The van der Waals surface area contributed by atoms with E-state index in [2.05, 4.69) is 47.7 Å². The van der Waals surface area contributed by atoms with Gasteiger partial charge in [0.1, 0.15) is 6.04 Å². The van der Waals surface area contributed by atoms with Crippen LogP contribution < -0.4 is 10.6 Å². The summed E-state index contributed by atoms with van der Waals surface area (Å²) >= 11 is 0. The molecule has 2 fully saturated rings. The lowest BCUT2D eigenvalue weighted by Gasteiger charge is -2.13. The Balaban J connectivity index is 1.81. The van der Waals surface area contributed by atoms with Crippen LogP contribution in [0.5, 0.6) is 0 Å². The number of amides is 1. The van der Waals surface area contributed by atoms with Crippen LogP contribution in [0.2, 0.25) is 0 Å². The molecule has 1 aliphatic heterocycles. The number of guanidine groups is 1. The predicted octanol–water partition coefficient (Wildman–Crippen LogP) is 2.34. The zero-order valence-electron chi connectivity index (χ0n) is 12.0. The minimum absolute atomic E-state index is 0.000561. The Kier molecular flexibility index (Phi) is 3.47. The molecule has 1 unspecified atom stereocenters. The molecule has 20 heavy (non-hydrogen) atoms. The van der Waals surface area contributed by atoms with Gasteiger partial charge in [-0.2, -0.15) is 0 Å². The first-order chi connectivity index (χ1) is 9.65. The first kappa shape index (κ1) is 13.2. The number of rotatable bonds is 4. The van der Waals surface area contributed by atoms with Gasteiger partial charge in [0.05, 0.1) is 0 Å². The zero-order valence-corrected chi connectivity index (χ0v) is 12.0. The highest BCUT2D eigenvalue weighted by atomic mass is 16.2. The fourth-order valence-corrected chi connectivity index (χ4v) is 2.55. The average molecular weight is 271 g/mol. The van der Waals surface area contributed by atoms with Gasteiger partial charge in [0.2, 0.25) is 0 Å². The van der Waals surface area contributed by atoms with Crippen LogP contribution in [0.3, 0.4) is 0 Å². The van der Waals surface area contributed by atoms with Crippen molar-refractivity contribution in [1.29, 1.82) is 0 Å². The number of carbonyl (C=O) groups excluding carboxylic acids is 1. The van der Waals surface area contributed by atoms with Gasteiger partial charge in [0, 0.05) is 6.54 Å². The molecule has 1 saturated heterocycles. The van der Waals surface area contributed by atoms with E-state index in [-0.39, 0.29) is 11.9 Å². The molecule has 2 aliphatic rings. The highest BCUT2D eigenvalue weighted by Gasteiger charge is 2.34. The molecule has 1 amide bonds. The maximum atomic E-state index is 12.2. The molecule has 0 radical (unpaired) electrons. The van der Waals surface area contributed by atoms with E-state index < -0.39 is 0 Å². The fraction of sp³-hybridized carbons (Fsp3) is 0.500. The van der Waals surface area contributed by atoms with E-state index in [0.29, 0.717) is 17.8 Å². The standard InChI is InChI=1S/C16H21N3O/c1-10(2)9-17-16-18-14(15(20)19-16)13-6-4-3-5-12(13)11-7-8-11/h3-6,10-11,14H,7-9H2,1-2H3,(H2,17,18,19,20). The average Bonchev–Trinajstić information content (AvgIpc) is 3.20. The fourth-order valence-electron chi connectivity index (χ4n) is 2.55. The summed E-state index contributed by atoms with van der Waals surface area (Å²) in [7, 11) is 0. The van der Waals surface area contributed by atoms with Crippen molar-refractivity contribution < 1.29 is 4.79 Å². The molecule has 4 nitrogen and oxygen atoms in total. The minimum Gasteiger partial charge on any atom is -0.340 e. The number of nitrogens with one attached hydrogen (secondary N) is 2. The predicted molar refractivity (Wildman–Crippen MR) is 79.6 cm³/mol. The molecule has 2 N–H and O–H groups in total. The summed E-state index contributed by atoms with van der Waals surface area (Å²) < 4.78 is 0.